The van der Waals surface area contributed by atoms with Crippen molar-refractivity contribution in [2.45, 2.75) is 31.7 Å². The largest absolute Gasteiger partial charge is 0.493 e. The number of ether oxygens (including phenoxy) is 3. The van der Waals surface area contributed by atoms with E-state index in [2.05, 4.69) is 15.4 Å². The van der Waals surface area contributed by atoms with Crippen molar-refractivity contribution >= 4 is 17.9 Å². The molecule has 1 aromatic carbocycles. The van der Waals surface area contributed by atoms with Crippen LogP contribution in [0, 0.1) is 0 Å². The first-order valence-corrected chi connectivity index (χ1v) is 8.03. The number of carbonyl (C=O) groups is 3. The van der Waals surface area contributed by atoms with E-state index in [0.29, 0.717) is 5.56 Å². The van der Waals surface area contributed by atoms with Crippen molar-refractivity contribution in [1.82, 2.24) is 10.6 Å². The van der Waals surface area contributed by atoms with Gasteiger partial charge in [0.1, 0.15) is 0 Å². The van der Waals surface area contributed by atoms with Crippen LogP contribution in [0.25, 0.3) is 0 Å². The lowest BCUT2D eigenvalue weighted by Gasteiger charge is -2.13. The molecule has 1 aliphatic rings. The molecule has 8 heteroatoms. The van der Waals surface area contributed by atoms with Gasteiger partial charge in [0.15, 0.2) is 18.1 Å². The van der Waals surface area contributed by atoms with Gasteiger partial charge in [0.25, 0.3) is 5.91 Å². The molecule has 1 saturated carbocycles. The molecule has 25 heavy (non-hydrogen) atoms. The minimum absolute atomic E-state index is 0.125. The van der Waals surface area contributed by atoms with E-state index in [1.54, 1.807) is 0 Å². The fourth-order valence-electron chi connectivity index (χ4n) is 2.63. The van der Waals surface area contributed by atoms with Crippen molar-refractivity contribution in [1.29, 1.82) is 0 Å². The minimum atomic E-state index is -0.574. The van der Waals surface area contributed by atoms with Crippen molar-refractivity contribution in [2.75, 3.05) is 20.8 Å². The molecule has 0 radical (unpaired) electrons. The number of rotatable bonds is 6. The quantitative estimate of drug-likeness (QED) is 0.756. The van der Waals surface area contributed by atoms with Gasteiger partial charge in [-0.2, -0.15) is 0 Å². The van der Waals surface area contributed by atoms with Gasteiger partial charge in [0, 0.05) is 6.04 Å². The molecule has 0 bridgehead atoms. The molecule has 3 amide bonds. The third-order valence-electron chi connectivity index (χ3n) is 3.89. The van der Waals surface area contributed by atoms with Crippen LogP contribution in [0.4, 0.5) is 4.79 Å². The van der Waals surface area contributed by atoms with Crippen LogP contribution in [0.3, 0.4) is 0 Å². The fourth-order valence-corrected chi connectivity index (χ4v) is 2.63. The number of hydrogen-bond acceptors (Lipinski definition) is 6. The highest BCUT2D eigenvalue weighted by Crippen LogP contribution is 2.28. The topological polar surface area (TPSA) is 103 Å². The Morgan fingerprint density at radius 3 is 2.48 bits per heavy atom. The molecule has 0 aliphatic heterocycles. The van der Waals surface area contributed by atoms with E-state index in [0.717, 1.165) is 25.7 Å². The highest BCUT2D eigenvalue weighted by molar-refractivity contribution is 5.95. The number of carbonyl (C=O) groups excluding carboxylic acids is 3. The van der Waals surface area contributed by atoms with E-state index in [-0.39, 0.29) is 24.1 Å². The molecule has 1 aromatic rings. The number of hydrogen-bond donors (Lipinski definition) is 2. The van der Waals surface area contributed by atoms with E-state index in [9.17, 15) is 14.4 Å². The molecule has 0 atom stereocenters. The van der Waals surface area contributed by atoms with Gasteiger partial charge >= 0.3 is 12.0 Å². The first kappa shape index (κ1) is 18.6. The summed E-state index contributed by atoms with van der Waals surface area (Å²) in [6, 6.07) is 4.05. The average molecular weight is 350 g/mol. The molecule has 2 rings (SSSR count). The molecular formula is C17H22N2O6. The number of imide groups is 1. The maximum Gasteiger partial charge on any atom is 0.337 e. The Morgan fingerprint density at radius 1 is 1.12 bits per heavy atom. The zero-order valence-corrected chi connectivity index (χ0v) is 14.3. The van der Waals surface area contributed by atoms with Gasteiger partial charge in [-0.1, -0.05) is 12.8 Å². The lowest BCUT2D eigenvalue weighted by molar-refractivity contribution is -0.122. The summed E-state index contributed by atoms with van der Waals surface area (Å²) in [7, 11) is 2.69. The van der Waals surface area contributed by atoms with Crippen LogP contribution in [-0.4, -0.2) is 44.8 Å². The Labute approximate surface area is 145 Å². The third kappa shape index (κ3) is 5.37. The molecule has 8 nitrogen and oxygen atoms in total. The standard InChI is InChI=1S/C17H22N2O6/c1-23-14-9-11(16(21)24-2)7-8-13(14)25-10-15(20)19-17(22)18-12-5-3-4-6-12/h7-9,12H,3-6,10H2,1-2H3,(H2,18,19,20,22). The normalized spacial score (nSPS) is 13.8. The van der Waals surface area contributed by atoms with Gasteiger partial charge in [0.2, 0.25) is 0 Å². The lowest BCUT2D eigenvalue weighted by atomic mass is 10.2. The Balaban J connectivity index is 1.86. The van der Waals surface area contributed by atoms with Crippen molar-refractivity contribution in [3.05, 3.63) is 23.8 Å². The first-order chi connectivity index (χ1) is 12.0. The summed E-state index contributed by atoms with van der Waals surface area (Å²) in [5.41, 5.74) is 0.298. The number of nitrogens with one attached hydrogen (secondary N) is 2. The highest BCUT2D eigenvalue weighted by atomic mass is 16.5. The van der Waals surface area contributed by atoms with Crippen LogP contribution in [-0.2, 0) is 9.53 Å². The van der Waals surface area contributed by atoms with Crippen molar-refractivity contribution < 1.29 is 28.6 Å². The first-order valence-electron chi connectivity index (χ1n) is 8.03. The van der Waals surface area contributed by atoms with Crippen LogP contribution in [0.5, 0.6) is 11.5 Å². The Morgan fingerprint density at radius 2 is 1.84 bits per heavy atom. The van der Waals surface area contributed by atoms with Crippen molar-refractivity contribution in [3.63, 3.8) is 0 Å². The number of amides is 3. The second-order valence-corrected chi connectivity index (χ2v) is 5.65. The van der Waals surface area contributed by atoms with Crippen LogP contribution < -0.4 is 20.1 Å². The molecule has 1 aliphatic carbocycles. The summed E-state index contributed by atoms with van der Waals surface area (Å²) in [5, 5.41) is 4.98. The molecule has 0 unspecified atom stereocenters. The van der Waals surface area contributed by atoms with Crippen LogP contribution in [0.2, 0.25) is 0 Å². The molecule has 0 saturated heterocycles. The second kappa shape index (κ2) is 8.91. The van der Waals surface area contributed by atoms with Gasteiger partial charge < -0.3 is 19.5 Å². The summed E-state index contributed by atoms with van der Waals surface area (Å²) >= 11 is 0. The van der Waals surface area contributed by atoms with Crippen LogP contribution >= 0.6 is 0 Å². The average Bonchev–Trinajstić information content (AvgIpc) is 3.11. The SMILES string of the molecule is COC(=O)c1ccc(OCC(=O)NC(=O)NC2CCCC2)c(OC)c1. The van der Waals surface area contributed by atoms with Crippen molar-refractivity contribution in [3.8, 4) is 11.5 Å². The summed E-state index contributed by atoms with van der Waals surface area (Å²) in [5.74, 6) is -0.520. The molecule has 0 spiro atoms. The van der Waals surface area contributed by atoms with Gasteiger partial charge in [-0.3, -0.25) is 10.1 Å². The zero-order valence-electron chi connectivity index (χ0n) is 14.3. The number of methoxy groups -OCH3 is 2. The van der Waals surface area contributed by atoms with Gasteiger partial charge in [0.05, 0.1) is 19.8 Å². The Hall–Kier alpha value is -2.77. The van der Waals surface area contributed by atoms with Gasteiger partial charge in [-0.25, -0.2) is 9.59 Å². The molecule has 2 N–H and O–H groups in total. The third-order valence-corrected chi connectivity index (χ3v) is 3.89. The maximum atomic E-state index is 11.8. The Kier molecular flexibility index (Phi) is 6.62. The van der Waals surface area contributed by atoms with Crippen molar-refractivity contribution in [2.24, 2.45) is 0 Å². The van der Waals surface area contributed by atoms with Gasteiger partial charge in [-0.15, -0.1) is 0 Å². The van der Waals surface area contributed by atoms with E-state index in [4.69, 9.17) is 9.47 Å². The monoisotopic (exact) mass is 350 g/mol. The summed E-state index contributed by atoms with van der Waals surface area (Å²) in [4.78, 5) is 35.0. The number of esters is 1. The lowest BCUT2D eigenvalue weighted by Crippen LogP contribution is -2.45. The number of benzene rings is 1. The summed E-state index contributed by atoms with van der Waals surface area (Å²) in [6.45, 7) is -0.355. The summed E-state index contributed by atoms with van der Waals surface area (Å²) < 4.78 is 15.1. The van der Waals surface area contributed by atoms with E-state index < -0.39 is 17.9 Å². The minimum Gasteiger partial charge on any atom is -0.493 e. The van der Waals surface area contributed by atoms with Gasteiger partial charge in [-0.05, 0) is 31.0 Å². The summed E-state index contributed by atoms with van der Waals surface area (Å²) in [6.07, 6.45) is 4.04. The molecular weight excluding hydrogens is 328 g/mol. The number of urea groups is 1. The second-order valence-electron chi connectivity index (χ2n) is 5.65. The Bertz CT molecular complexity index is 640. The van der Waals surface area contributed by atoms with E-state index in [1.807, 2.05) is 0 Å². The molecule has 0 heterocycles. The molecule has 136 valence electrons. The van der Waals surface area contributed by atoms with E-state index >= 15 is 0 Å². The molecule has 1 fully saturated rings. The molecule has 0 aromatic heterocycles. The maximum absolute atomic E-state index is 11.8. The predicted molar refractivity (Wildman–Crippen MR) is 88.8 cm³/mol. The van der Waals surface area contributed by atoms with Crippen LogP contribution in [0.1, 0.15) is 36.0 Å². The van der Waals surface area contributed by atoms with Crippen LogP contribution in [0.15, 0.2) is 18.2 Å². The highest BCUT2D eigenvalue weighted by Gasteiger charge is 2.18. The predicted octanol–water partition coefficient (Wildman–Crippen LogP) is 1.63. The zero-order chi connectivity index (χ0) is 18.2. The fraction of sp³-hybridized carbons (Fsp3) is 0.471. The van der Waals surface area contributed by atoms with E-state index in [1.165, 1.54) is 32.4 Å². The smallest absolute Gasteiger partial charge is 0.337 e.